The van der Waals surface area contributed by atoms with Gasteiger partial charge in [0.15, 0.2) is 0 Å². The summed E-state index contributed by atoms with van der Waals surface area (Å²) in [7, 11) is 0. The maximum absolute atomic E-state index is 11.9. The third kappa shape index (κ3) is 3.20. The van der Waals surface area contributed by atoms with Crippen LogP contribution < -0.4 is 5.32 Å². The first-order valence-electron chi connectivity index (χ1n) is 7.87. The van der Waals surface area contributed by atoms with Crippen molar-refractivity contribution in [1.82, 2.24) is 20.0 Å². The lowest BCUT2D eigenvalue weighted by atomic mass is 10.2. The molecule has 1 aromatic carbocycles. The molecule has 0 spiro atoms. The molecular weight excluding hydrogens is 276 g/mol. The van der Waals surface area contributed by atoms with E-state index in [1.54, 1.807) is 0 Å². The first-order valence-corrected chi connectivity index (χ1v) is 7.87. The molecule has 116 valence electrons. The van der Waals surface area contributed by atoms with Crippen molar-refractivity contribution in [3.63, 3.8) is 0 Å². The third-order valence-electron chi connectivity index (χ3n) is 4.00. The molecule has 1 atom stereocenters. The fraction of sp³-hybridized carbons (Fsp3) is 0.412. The Kier molecular flexibility index (Phi) is 4.53. The summed E-state index contributed by atoms with van der Waals surface area (Å²) in [5, 5.41) is 7.88. The smallest absolute Gasteiger partial charge is 0.224 e. The molecule has 1 unspecified atom stereocenters. The van der Waals surface area contributed by atoms with Crippen LogP contribution >= 0.6 is 0 Å². The molecular formula is C17H22N4O. The van der Waals surface area contributed by atoms with E-state index in [0.717, 1.165) is 30.9 Å². The van der Waals surface area contributed by atoms with Crippen molar-refractivity contribution in [3.05, 3.63) is 48.3 Å². The van der Waals surface area contributed by atoms with E-state index >= 15 is 0 Å². The van der Waals surface area contributed by atoms with Crippen LogP contribution in [0, 0.1) is 0 Å². The maximum atomic E-state index is 11.9. The molecule has 5 nitrogen and oxygen atoms in total. The standard InChI is InChI=1S/C17H22N4O/c1-2-10-20-13-14(11-17(20)22)18-12-16-8-9-19-21(16)15-6-4-3-5-7-15/h3-9,14,18H,2,10-13H2,1H3. The van der Waals surface area contributed by atoms with Gasteiger partial charge >= 0.3 is 0 Å². The Balaban J connectivity index is 1.62. The highest BCUT2D eigenvalue weighted by molar-refractivity contribution is 5.79. The van der Waals surface area contributed by atoms with Gasteiger partial charge in [0, 0.05) is 38.3 Å². The lowest BCUT2D eigenvalue weighted by Crippen LogP contribution is -2.33. The third-order valence-corrected chi connectivity index (χ3v) is 4.00. The van der Waals surface area contributed by atoms with Gasteiger partial charge in [0.05, 0.1) is 11.4 Å². The van der Waals surface area contributed by atoms with Crippen LogP contribution in [0.1, 0.15) is 25.5 Å². The van der Waals surface area contributed by atoms with Gasteiger partial charge in [0.25, 0.3) is 0 Å². The van der Waals surface area contributed by atoms with Gasteiger partial charge in [-0.1, -0.05) is 25.1 Å². The van der Waals surface area contributed by atoms with Crippen LogP contribution in [0.25, 0.3) is 5.69 Å². The van der Waals surface area contributed by atoms with Gasteiger partial charge in [-0.25, -0.2) is 4.68 Å². The molecule has 1 aliphatic heterocycles. The number of benzene rings is 1. The van der Waals surface area contributed by atoms with Gasteiger partial charge in [-0.15, -0.1) is 0 Å². The zero-order valence-corrected chi connectivity index (χ0v) is 12.9. The van der Waals surface area contributed by atoms with Crippen LogP contribution in [0.3, 0.4) is 0 Å². The zero-order valence-electron chi connectivity index (χ0n) is 12.9. The molecule has 0 radical (unpaired) electrons. The molecule has 5 heteroatoms. The van der Waals surface area contributed by atoms with Gasteiger partial charge in [-0.3, -0.25) is 4.79 Å². The number of hydrogen-bond donors (Lipinski definition) is 1. The first-order chi connectivity index (χ1) is 10.8. The van der Waals surface area contributed by atoms with Crippen molar-refractivity contribution >= 4 is 5.91 Å². The molecule has 0 aliphatic carbocycles. The molecule has 1 fully saturated rings. The van der Waals surface area contributed by atoms with Gasteiger partial charge in [0.2, 0.25) is 5.91 Å². The topological polar surface area (TPSA) is 50.2 Å². The van der Waals surface area contributed by atoms with Crippen LogP contribution in [0.5, 0.6) is 0 Å². The Morgan fingerprint density at radius 2 is 2.09 bits per heavy atom. The number of carbonyl (C=O) groups is 1. The van der Waals surface area contributed by atoms with Gasteiger partial charge < -0.3 is 10.2 Å². The number of nitrogens with one attached hydrogen (secondary N) is 1. The van der Waals surface area contributed by atoms with E-state index in [9.17, 15) is 4.79 Å². The highest BCUT2D eigenvalue weighted by atomic mass is 16.2. The Morgan fingerprint density at radius 3 is 2.86 bits per heavy atom. The summed E-state index contributed by atoms with van der Waals surface area (Å²) in [6.45, 7) is 4.49. The SMILES string of the molecule is CCCN1CC(NCc2ccnn2-c2ccccc2)CC1=O. The summed E-state index contributed by atoms with van der Waals surface area (Å²) >= 11 is 0. The van der Waals surface area contributed by atoms with Crippen molar-refractivity contribution < 1.29 is 4.79 Å². The van der Waals surface area contributed by atoms with E-state index in [0.29, 0.717) is 13.0 Å². The molecule has 1 aromatic heterocycles. The second-order valence-corrected chi connectivity index (χ2v) is 5.69. The molecule has 1 saturated heterocycles. The second-order valence-electron chi connectivity index (χ2n) is 5.69. The number of aromatic nitrogens is 2. The van der Waals surface area contributed by atoms with Crippen LogP contribution in [0.2, 0.25) is 0 Å². The molecule has 1 amide bonds. The minimum absolute atomic E-state index is 0.234. The average Bonchev–Trinajstić information content (AvgIpc) is 3.14. The number of hydrogen-bond acceptors (Lipinski definition) is 3. The second kappa shape index (κ2) is 6.75. The molecule has 2 aromatic rings. The van der Waals surface area contributed by atoms with Crippen molar-refractivity contribution in [3.8, 4) is 5.69 Å². The first kappa shape index (κ1) is 14.8. The summed E-state index contributed by atoms with van der Waals surface area (Å²) in [6.07, 6.45) is 3.42. The highest BCUT2D eigenvalue weighted by Gasteiger charge is 2.28. The van der Waals surface area contributed by atoms with E-state index in [-0.39, 0.29) is 11.9 Å². The number of amides is 1. The highest BCUT2D eigenvalue weighted by Crippen LogP contribution is 2.14. The molecule has 1 N–H and O–H groups in total. The monoisotopic (exact) mass is 298 g/mol. The van der Waals surface area contributed by atoms with E-state index in [1.165, 1.54) is 0 Å². The lowest BCUT2D eigenvalue weighted by molar-refractivity contribution is -0.127. The molecule has 22 heavy (non-hydrogen) atoms. The summed E-state index contributed by atoms with van der Waals surface area (Å²) in [6, 6.07) is 12.3. The predicted octanol–water partition coefficient (Wildman–Crippen LogP) is 1.97. The van der Waals surface area contributed by atoms with Crippen LogP contribution in [0.15, 0.2) is 42.6 Å². The lowest BCUT2D eigenvalue weighted by Gasteiger charge is -2.16. The minimum Gasteiger partial charge on any atom is -0.341 e. The van der Waals surface area contributed by atoms with Crippen molar-refractivity contribution in [1.29, 1.82) is 0 Å². The number of likely N-dealkylation sites (tertiary alicyclic amines) is 1. The molecule has 0 saturated carbocycles. The molecule has 2 heterocycles. The maximum Gasteiger partial charge on any atom is 0.224 e. The van der Waals surface area contributed by atoms with E-state index in [2.05, 4.69) is 17.3 Å². The van der Waals surface area contributed by atoms with E-state index in [4.69, 9.17) is 0 Å². The average molecular weight is 298 g/mol. The largest absolute Gasteiger partial charge is 0.341 e. The Hall–Kier alpha value is -2.14. The Bertz CT molecular complexity index is 623. The fourth-order valence-electron chi connectivity index (χ4n) is 2.91. The summed E-state index contributed by atoms with van der Waals surface area (Å²) in [5.41, 5.74) is 2.16. The fourth-order valence-corrected chi connectivity index (χ4v) is 2.91. The van der Waals surface area contributed by atoms with Crippen LogP contribution in [-0.2, 0) is 11.3 Å². The molecule has 3 rings (SSSR count). The van der Waals surface area contributed by atoms with Crippen molar-refractivity contribution in [2.24, 2.45) is 0 Å². The van der Waals surface area contributed by atoms with Crippen LogP contribution in [-0.4, -0.2) is 39.7 Å². The van der Waals surface area contributed by atoms with Gasteiger partial charge in [-0.05, 0) is 24.6 Å². The van der Waals surface area contributed by atoms with E-state index < -0.39 is 0 Å². The van der Waals surface area contributed by atoms with Crippen molar-refractivity contribution in [2.45, 2.75) is 32.4 Å². The van der Waals surface area contributed by atoms with E-state index in [1.807, 2.05) is 52.2 Å². The number of rotatable bonds is 6. The summed E-state index contributed by atoms with van der Waals surface area (Å²) < 4.78 is 1.94. The Morgan fingerprint density at radius 1 is 1.27 bits per heavy atom. The van der Waals surface area contributed by atoms with Crippen molar-refractivity contribution in [2.75, 3.05) is 13.1 Å². The van der Waals surface area contributed by atoms with Gasteiger partial charge in [0.1, 0.15) is 0 Å². The number of para-hydroxylation sites is 1. The minimum atomic E-state index is 0.234. The number of carbonyl (C=O) groups excluding carboxylic acids is 1. The number of nitrogens with zero attached hydrogens (tertiary/aromatic N) is 3. The van der Waals surface area contributed by atoms with Crippen LogP contribution in [0.4, 0.5) is 0 Å². The normalized spacial score (nSPS) is 18.1. The Labute approximate surface area is 130 Å². The zero-order chi connectivity index (χ0) is 15.4. The molecule has 0 bridgehead atoms. The molecule has 1 aliphatic rings. The summed E-state index contributed by atoms with van der Waals surface area (Å²) in [4.78, 5) is 13.8. The summed E-state index contributed by atoms with van der Waals surface area (Å²) in [5.74, 6) is 0.260. The quantitative estimate of drug-likeness (QED) is 0.887. The van der Waals surface area contributed by atoms with Gasteiger partial charge in [-0.2, -0.15) is 5.10 Å². The predicted molar refractivity (Wildman–Crippen MR) is 85.7 cm³/mol.